The van der Waals surface area contributed by atoms with Gasteiger partial charge in [0.15, 0.2) is 11.6 Å². The van der Waals surface area contributed by atoms with Crippen molar-refractivity contribution in [2.45, 2.75) is 161 Å². The van der Waals surface area contributed by atoms with E-state index in [1.54, 1.807) is 45.9 Å². The molecule has 0 unspecified atom stereocenters. The van der Waals surface area contributed by atoms with E-state index in [1.165, 1.54) is 46.5 Å². The van der Waals surface area contributed by atoms with Crippen molar-refractivity contribution in [1.82, 2.24) is 15.1 Å². The summed E-state index contributed by atoms with van der Waals surface area (Å²) in [4.78, 5) is 127. The molecule has 374 valence electrons. The van der Waals surface area contributed by atoms with Crippen molar-refractivity contribution < 1.29 is 62.5 Å². The molecule has 3 saturated carbocycles. The molecule has 11 rings (SSSR count). The number of rotatable bonds is 4. The predicted molar refractivity (Wildman–Crippen MR) is 261 cm³/mol. The quantitative estimate of drug-likeness (QED) is 0.110. The summed E-state index contributed by atoms with van der Waals surface area (Å²) in [5.41, 5.74) is 1.68. The first kappa shape index (κ1) is 51.0. The van der Waals surface area contributed by atoms with E-state index < -0.39 is 24.0 Å². The number of aliphatic hydroxyl groups excluding tert-OH is 1. The van der Waals surface area contributed by atoms with Gasteiger partial charge in [-0.1, -0.05) is 68.0 Å². The van der Waals surface area contributed by atoms with Gasteiger partial charge in [0.2, 0.25) is 0 Å². The number of imide groups is 3. The van der Waals surface area contributed by atoms with Crippen LogP contribution in [0.1, 0.15) is 211 Å². The molecule has 0 radical (unpaired) electrons. The van der Waals surface area contributed by atoms with Gasteiger partial charge in [0.25, 0.3) is 35.4 Å². The van der Waals surface area contributed by atoms with Crippen LogP contribution in [0, 0.1) is 0 Å². The Hall–Kier alpha value is -6.38. The summed E-state index contributed by atoms with van der Waals surface area (Å²) in [6.07, 6.45) is 13.0. The number of benzene rings is 2. The van der Waals surface area contributed by atoms with Gasteiger partial charge < -0.3 is 14.6 Å². The fourth-order valence-electron chi connectivity index (χ4n) is 10.2. The lowest BCUT2D eigenvalue weighted by Crippen LogP contribution is -2.48. The third-order valence-corrected chi connectivity index (χ3v) is 15.7. The van der Waals surface area contributed by atoms with Gasteiger partial charge in [-0.3, -0.25) is 53.5 Å². The number of hydrogen-bond donors (Lipinski definition) is 2. The number of amides is 8. The highest BCUT2D eigenvalue weighted by Gasteiger charge is 2.46. The molecule has 71 heavy (non-hydrogen) atoms. The third kappa shape index (κ3) is 10.4. The Morgan fingerprint density at radius 3 is 1.35 bits per heavy atom. The minimum Gasteiger partial charge on any atom is -0.444 e. The monoisotopic (exact) mass is 1010 g/mol. The number of ketones is 2. The number of nitrogens with one attached hydrogen (secondary N) is 1. The minimum atomic E-state index is -0.902. The van der Waals surface area contributed by atoms with Crippen molar-refractivity contribution >= 4 is 103 Å². The number of Topliss-reactive ketones (excluding diaryl/α,β-unsaturated/α-hetero) is 2. The molecule has 4 aliphatic carbocycles. The zero-order valence-corrected chi connectivity index (χ0v) is 41.6. The standard InChI is InChI=1S/C24H24N2O4S.C13H5NO4S.C8H14N2O4.C6H12O/c27-21-15-11-12-16-18-17(15)19(23(29)25(21)13-7-3-1-4-8-13)31-20(18)24(30)26(22(16)28)14-9-5-2-6-10-14;15-6-3-7(16)10-8-4(6)1-2-5-9(8)11(19-10)13(18)14-12(5)17;1-5(2)13-7(11)9-10-8(12)14-6(3)4;7-6-4-2-1-3-5-6/h11-14H,1-10H2;1-2H,3H2,(H,14,17,18);5-6H,1-4H3;6-7H,1-5H2. The second-order valence-corrected chi connectivity index (χ2v) is 21.1. The molecule has 5 heterocycles. The normalized spacial score (nSPS) is 19.1. The second kappa shape index (κ2) is 21.5. The Bertz CT molecular complexity index is 2730. The lowest BCUT2D eigenvalue weighted by atomic mass is 9.88. The van der Waals surface area contributed by atoms with Gasteiger partial charge in [0.05, 0.1) is 29.6 Å². The first-order valence-corrected chi connectivity index (χ1v) is 26.0. The van der Waals surface area contributed by atoms with Crippen LogP contribution in [0.2, 0.25) is 0 Å². The van der Waals surface area contributed by atoms with E-state index in [9.17, 15) is 47.9 Å². The maximum absolute atomic E-state index is 13.5. The highest BCUT2D eigenvalue weighted by molar-refractivity contribution is 7.18. The van der Waals surface area contributed by atoms with E-state index >= 15 is 0 Å². The van der Waals surface area contributed by atoms with E-state index in [4.69, 9.17) is 5.11 Å². The molecule has 20 heteroatoms. The Morgan fingerprint density at radius 2 is 0.915 bits per heavy atom. The SMILES string of the molecule is CC(C)OC(=O)N=NC(=O)OC(C)C.O=C1CC(=O)c2sc3c4c(ccc1c24)C(=O)NC3=O.O=C1c2ccc3c4c(sc(c24)C(=O)N1C1CCCCC1)C(=O)N(C1CCCCC1)C3=O.OC1CCCCC1. The molecule has 3 fully saturated rings. The molecule has 4 aromatic rings. The molecule has 18 nitrogen and oxygen atoms in total. The summed E-state index contributed by atoms with van der Waals surface area (Å²) >= 11 is 2.23. The molecule has 2 aromatic heterocycles. The van der Waals surface area contributed by atoms with Gasteiger partial charge in [-0.05, 0) is 90.5 Å². The number of thiophene rings is 2. The largest absolute Gasteiger partial charge is 0.452 e. The van der Waals surface area contributed by atoms with Crippen molar-refractivity contribution in [1.29, 1.82) is 0 Å². The predicted octanol–water partition coefficient (Wildman–Crippen LogP) is 10.2. The molecule has 0 atom stereocenters. The molecule has 2 N–H and O–H groups in total. The summed E-state index contributed by atoms with van der Waals surface area (Å²) in [5, 5.41) is 19.1. The summed E-state index contributed by atoms with van der Waals surface area (Å²) in [6.45, 7) is 6.67. The van der Waals surface area contributed by atoms with Crippen LogP contribution in [-0.2, 0) is 9.47 Å². The highest BCUT2D eigenvalue weighted by Crippen LogP contribution is 2.46. The summed E-state index contributed by atoms with van der Waals surface area (Å²) < 4.78 is 9.20. The third-order valence-electron chi connectivity index (χ3n) is 13.3. The zero-order valence-electron chi connectivity index (χ0n) is 40.0. The van der Waals surface area contributed by atoms with Crippen LogP contribution >= 0.6 is 22.7 Å². The maximum Gasteiger partial charge on any atom is 0.452 e. The fourth-order valence-corrected chi connectivity index (χ4v) is 12.5. The summed E-state index contributed by atoms with van der Waals surface area (Å²) in [5.74, 6) is -2.69. The van der Waals surface area contributed by atoms with Crippen LogP contribution in [0.4, 0.5) is 9.59 Å². The Labute approximate surface area is 416 Å². The van der Waals surface area contributed by atoms with E-state index in [2.05, 4.69) is 25.0 Å². The van der Waals surface area contributed by atoms with Crippen LogP contribution in [0.25, 0.3) is 21.5 Å². The molecule has 8 amide bonds. The Balaban J connectivity index is 0.000000144. The smallest absolute Gasteiger partial charge is 0.444 e. The molecule has 7 aliphatic rings. The number of ether oxygens (including phenoxy) is 2. The first-order chi connectivity index (χ1) is 34.0. The van der Waals surface area contributed by atoms with Gasteiger partial charge >= 0.3 is 12.2 Å². The van der Waals surface area contributed by atoms with Crippen molar-refractivity contribution in [3.05, 3.63) is 66.0 Å². The number of carbonyl (C=O) groups excluding carboxylic acids is 10. The molecule has 2 aromatic carbocycles. The number of azo groups is 1. The molecule has 0 spiro atoms. The Kier molecular flexibility index (Phi) is 15.5. The summed E-state index contributed by atoms with van der Waals surface area (Å²) in [6, 6.07) is 6.31. The van der Waals surface area contributed by atoms with Gasteiger partial charge in [-0.2, -0.15) is 0 Å². The van der Waals surface area contributed by atoms with Crippen LogP contribution in [0.3, 0.4) is 0 Å². The maximum atomic E-state index is 13.5. The average molecular weight is 1010 g/mol. The zero-order chi connectivity index (χ0) is 50.8. The molecule has 0 bridgehead atoms. The van der Waals surface area contributed by atoms with Gasteiger partial charge in [0.1, 0.15) is 14.6 Å². The van der Waals surface area contributed by atoms with E-state index in [0.29, 0.717) is 63.3 Å². The minimum absolute atomic E-state index is 0.0359. The topological polar surface area (TPSA) is 253 Å². The number of aliphatic hydroxyl groups is 1. The van der Waals surface area contributed by atoms with E-state index in [1.807, 2.05) is 0 Å². The first-order valence-electron chi connectivity index (χ1n) is 24.3. The van der Waals surface area contributed by atoms with Gasteiger partial charge in [0, 0.05) is 55.9 Å². The van der Waals surface area contributed by atoms with Crippen molar-refractivity contribution in [2.24, 2.45) is 10.2 Å². The fraction of sp³-hybridized carbons (Fsp3) is 0.490. The van der Waals surface area contributed by atoms with Crippen molar-refractivity contribution in [3.63, 3.8) is 0 Å². The number of nitrogens with zero attached hydrogens (tertiary/aromatic N) is 4. The molecule has 3 aliphatic heterocycles. The van der Waals surface area contributed by atoms with Crippen molar-refractivity contribution in [2.75, 3.05) is 0 Å². The van der Waals surface area contributed by atoms with Crippen molar-refractivity contribution in [3.8, 4) is 0 Å². The van der Waals surface area contributed by atoms with Gasteiger partial charge in [-0.15, -0.1) is 22.7 Å². The number of hydrogen-bond acceptors (Lipinski definition) is 15. The van der Waals surface area contributed by atoms with Crippen LogP contribution < -0.4 is 5.32 Å². The van der Waals surface area contributed by atoms with E-state index in [-0.39, 0.29) is 72.0 Å². The van der Waals surface area contributed by atoms with Crippen LogP contribution in [-0.4, -0.2) is 104 Å². The lowest BCUT2D eigenvalue weighted by molar-refractivity contribution is 0.0488. The Morgan fingerprint density at radius 1 is 0.521 bits per heavy atom. The molecule has 0 saturated heterocycles. The molecular formula is C51H55N5O13S2. The van der Waals surface area contributed by atoms with Crippen LogP contribution in [0.15, 0.2) is 34.5 Å². The average Bonchev–Trinajstić information content (AvgIpc) is 3.95. The second-order valence-electron chi connectivity index (χ2n) is 19.0. The van der Waals surface area contributed by atoms with E-state index in [0.717, 1.165) is 88.4 Å². The highest BCUT2D eigenvalue weighted by atomic mass is 32.1. The van der Waals surface area contributed by atoms with Crippen LogP contribution in [0.5, 0.6) is 0 Å². The number of carbonyl (C=O) groups is 10. The molecular weight excluding hydrogens is 955 g/mol. The van der Waals surface area contributed by atoms with Gasteiger partial charge in [-0.25, -0.2) is 9.59 Å². The summed E-state index contributed by atoms with van der Waals surface area (Å²) in [7, 11) is 0. The lowest BCUT2D eigenvalue weighted by Gasteiger charge is -2.36.